The molecule has 1 aliphatic rings. The van der Waals surface area contributed by atoms with Crippen LogP contribution >= 0.6 is 11.3 Å². The highest BCUT2D eigenvalue weighted by Crippen LogP contribution is 2.32. The van der Waals surface area contributed by atoms with Gasteiger partial charge in [-0.3, -0.25) is 14.6 Å². The monoisotopic (exact) mass is 362 g/mol. The van der Waals surface area contributed by atoms with E-state index in [-0.39, 0.29) is 18.9 Å². The van der Waals surface area contributed by atoms with Crippen molar-refractivity contribution in [2.45, 2.75) is 57.5 Å². The van der Waals surface area contributed by atoms with Gasteiger partial charge in [0.05, 0.1) is 12.2 Å². The van der Waals surface area contributed by atoms with Gasteiger partial charge in [0.15, 0.2) is 0 Å². The van der Waals surface area contributed by atoms with E-state index in [2.05, 4.69) is 20.7 Å². The van der Waals surface area contributed by atoms with Gasteiger partial charge in [0.2, 0.25) is 5.91 Å². The molecule has 2 N–H and O–H groups in total. The number of rotatable bonds is 6. The minimum atomic E-state index is -0.502. The third-order valence-corrected chi connectivity index (χ3v) is 5.37. The van der Waals surface area contributed by atoms with Gasteiger partial charge in [-0.15, -0.1) is 11.3 Å². The highest BCUT2D eigenvalue weighted by molar-refractivity contribution is 7.09. The molecule has 0 aromatic carbocycles. The van der Waals surface area contributed by atoms with Gasteiger partial charge in [0.1, 0.15) is 5.01 Å². The number of aromatic amines is 1. The fourth-order valence-electron chi connectivity index (χ4n) is 3.10. The number of hydrogen-bond donors (Lipinski definition) is 2. The molecule has 0 aliphatic heterocycles. The Labute approximate surface area is 149 Å². The van der Waals surface area contributed by atoms with Crippen LogP contribution in [-0.4, -0.2) is 20.4 Å². The van der Waals surface area contributed by atoms with Crippen LogP contribution in [0.2, 0.25) is 0 Å². The molecule has 7 nitrogen and oxygen atoms in total. The third-order valence-electron chi connectivity index (χ3n) is 4.51. The zero-order valence-electron chi connectivity index (χ0n) is 14.0. The van der Waals surface area contributed by atoms with E-state index in [1.54, 1.807) is 11.3 Å². The average molecular weight is 362 g/mol. The summed E-state index contributed by atoms with van der Waals surface area (Å²) in [5, 5.41) is 5.86. The van der Waals surface area contributed by atoms with Crippen LogP contribution < -0.4 is 16.6 Å². The first-order valence-corrected chi connectivity index (χ1v) is 9.50. The molecule has 0 atom stereocenters. The van der Waals surface area contributed by atoms with Crippen molar-refractivity contribution in [1.29, 1.82) is 0 Å². The van der Waals surface area contributed by atoms with E-state index in [1.807, 2.05) is 0 Å². The van der Waals surface area contributed by atoms with E-state index in [0.717, 1.165) is 10.7 Å². The Balaban J connectivity index is 1.46. The predicted molar refractivity (Wildman–Crippen MR) is 95.7 cm³/mol. The number of nitrogens with zero attached hydrogens (tertiary/aromatic N) is 2. The Kier molecular flexibility index (Phi) is 5.80. The summed E-state index contributed by atoms with van der Waals surface area (Å²) < 4.78 is 1.31. The molecule has 8 heteroatoms. The minimum absolute atomic E-state index is 0.146. The third kappa shape index (κ3) is 4.88. The van der Waals surface area contributed by atoms with Crippen molar-refractivity contribution in [1.82, 2.24) is 19.9 Å². The summed E-state index contributed by atoms with van der Waals surface area (Å²) in [6.07, 6.45) is 7.87. The molecule has 1 amide bonds. The Morgan fingerprint density at radius 1 is 1.32 bits per heavy atom. The maximum atomic E-state index is 12.0. The summed E-state index contributed by atoms with van der Waals surface area (Å²) in [6.45, 7) is 0.642. The van der Waals surface area contributed by atoms with Gasteiger partial charge >= 0.3 is 5.69 Å². The molecule has 2 aromatic heterocycles. The number of carbonyl (C=O) groups is 1. The van der Waals surface area contributed by atoms with Gasteiger partial charge in [-0.25, -0.2) is 9.78 Å². The van der Waals surface area contributed by atoms with Gasteiger partial charge in [0.25, 0.3) is 5.56 Å². The number of nitrogens with one attached hydrogen (secondary N) is 2. The number of amides is 1. The van der Waals surface area contributed by atoms with E-state index in [4.69, 9.17) is 0 Å². The maximum absolute atomic E-state index is 12.0. The zero-order chi connectivity index (χ0) is 17.6. The van der Waals surface area contributed by atoms with Gasteiger partial charge < -0.3 is 9.88 Å². The van der Waals surface area contributed by atoms with Crippen molar-refractivity contribution in [2.24, 2.45) is 0 Å². The molecule has 0 bridgehead atoms. The normalized spacial score (nSPS) is 15.2. The second kappa shape index (κ2) is 8.24. The summed E-state index contributed by atoms with van der Waals surface area (Å²) in [4.78, 5) is 41.3. The zero-order valence-corrected chi connectivity index (χ0v) is 14.8. The molecular weight excluding hydrogens is 340 g/mol. The van der Waals surface area contributed by atoms with E-state index in [1.165, 1.54) is 48.9 Å². The summed E-state index contributed by atoms with van der Waals surface area (Å²) in [5.41, 5.74) is 0.217. The molecule has 0 radical (unpaired) electrons. The first kappa shape index (κ1) is 17.6. The summed E-state index contributed by atoms with van der Waals surface area (Å²) in [5.74, 6) is 0.425. The standard InChI is InChI=1S/C17H22N4O3S/c22-14(6-8-21-9-7-15(23)20-17(21)24)18-10-16-19-13(11-25-16)12-4-2-1-3-5-12/h7,9,11-12H,1-6,8,10H2,(H,18,22)(H,20,23,24). The van der Waals surface area contributed by atoms with E-state index in [9.17, 15) is 14.4 Å². The molecule has 25 heavy (non-hydrogen) atoms. The van der Waals surface area contributed by atoms with E-state index in [0.29, 0.717) is 12.5 Å². The van der Waals surface area contributed by atoms with Crippen LogP contribution in [0.3, 0.4) is 0 Å². The van der Waals surface area contributed by atoms with Crippen molar-refractivity contribution >= 4 is 17.2 Å². The van der Waals surface area contributed by atoms with Crippen LogP contribution in [-0.2, 0) is 17.9 Å². The van der Waals surface area contributed by atoms with Gasteiger partial charge in [-0.05, 0) is 12.8 Å². The summed E-state index contributed by atoms with van der Waals surface area (Å²) in [6, 6.07) is 1.27. The van der Waals surface area contributed by atoms with Crippen LogP contribution in [0.25, 0.3) is 0 Å². The lowest BCUT2D eigenvalue weighted by Crippen LogP contribution is -2.31. The molecule has 134 valence electrons. The van der Waals surface area contributed by atoms with Gasteiger partial charge in [0, 0.05) is 36.5 Å². The molecular formula is C17H22N4O3S. The molecule has 0 unspecified atom stereocenters. The fraction of sp³-hybridized carbons (Fsp3) is 0.529. The summed E-state index contributed by atoms with van der Waals surface area (Å²) >= 11 is 1.58. The Bertz CT molecular complexity index is 833. The van der Waals surface area contributed by atoms with Crippen molar-refractivity contribution in [3.05, 3.63) is 49.2 Å². The quantitative estimate of drug-likeness (QED) is 0.818. The van der Waals surface area contributed by atoms with Crippen LogP contribution in [0.15, 0.2) is 27.2 Å². The van der Waals surface area contributed by atoms with Crippen LogP contribution in [0.5, 0.6) is 0 Å². The first-order valence-electron chi connectivity index (χ1n) is 8.62. The highest BCUT2D eigenvalue weighted by Gasteiger charge is 2.18. The number of thiazole rings is 1. The molecule has 1 saturated carbocycles. The van der Waals surface area contributed by atoms with Crippen molar-refractivity contribution in [3.8, 4) is 0 Å². The smallest absolute Gasteiger partial charge is 0.328 e. The lowest BCUT2D eigenvalue weighted by Gasteiger charge is -2.19. The SMILES string of the molecule is O=C(CCn1ccc(=O)[nH]c1=O)NCc1nc(C2CCCCC2)cs1. The molecule has 0 spiro atoms. The lowest BCUT2D eigenvalue weighted by molar-refractivity contribution is -0.121. The highest BCUT2D eigenvalue weighted by atomic mass is 32.1. The number of H-pyrrole nitrogens is 1. The van der Waals surface area contributed by atoms with Crippen LogP contribution in [0, 0.1) is 0 Å². The van der Waals surface area contributed by atoms with Crippen molar-refractivity contribution in [3.63, 3.8) is 0 Å². The minimum Gasteiger partial charge on any atom is -0.350 e. The van der Waals surface area contributed by atoms with Crippen molar-refractivity contribution in [2.75, 3.05) is 0 Å². The second-order valence-corrected chi connectivity index (χ2v) is 7.27. The topological polar surface area (TPSA) is 96.9 Å². The average Bonchev–Trinajstić information content (AvgIpc) is 3.09. The van der Waals surface area contributed by atoms with Crippen LogP contribution in [0.1, 0.15) is 55.1 Å². The first-order chi connectivity index (χ1) is 12.1. The van der Waals surface area contributed by atoms with E-state index >= 15 is 0 Å². The number of carbonyl (C=O) groups excluding carboxylic acids is 1. The van der Waals surface area contributed by atoms with Gasteiger partial charge in [-0.1, -0.05) is 19.3 Å². The molecule has 3 rings (SSSR count). The summed E-state index contributed by atoms with van der Waals surface area (Å²) in [7, 11) is 0. The number of aryl methyl sites for hydroxylation is 1. The molecule has 2 heterocycles. The number of hydrogen-bond acceptors (Lipinski definition) is 5. The molecule has 2 aromatic rings. The van der Waals surface area contributed by atoms with Crippen LogP contribution in [0.4, 0.5) is 0 Å². The predicted octanol–water partition coefficient (Wildman–Crippen LogP) is 1.75. The number of aromatic nitrogens is 3. The Hall–Kier alpha value is -2.22. The van der Waals surface area contributed by atoms with Gasteiger partial charge in [-0.2, -0.15) is 0 Å². The van der Waals surface area contributed by atoms with E-state index < -0.39 is 11.2 Å². The molecule has 1 aliphatic carbocycles. The Morgan fingerprint density at radius 3 is 2.88 bits per heavy atom. The maximum Gasteiger partial charge on any atom is 0.328 e. The lowest BCUT2D eigenvalue weighted by atomic mass is 9.87. The Morgan fingerprint density at radius 2 is 2.12 bits per heavy atom. The largest absolute Gasteiger partial charge is 0.350 e. The van der Waals surface area contributed by atoms with Crippen molar-refractivity contribution < 1.29 is 4.79 Å². The fourth-order valence-corrected chi connectivity index (χ4v) is 3.91. The second-order valence-electron chi connectivity index (χ2n) is 6.33. The molecule has 0 saturated heterocycles. The molecule has 1 fully saturated rings.